The molecule has 0 aliphatic carbocycles. The molecule has 1 saturated heterocycles. The van der Waals surface area contributed by atoms with Gasteiger partial charge >= 0.3 is 11.9 Å². The Morgan fingerprint density at radius 2 is 2.00 bits per heavy atom. The molecule has 0 radical (unpaired) electrons. The van der Waals surface area contributed by atoms with Crippen molar-refractivity contribution < 1.29 is 33.4 Å². The van der Waals surface area contributed by atoms with Gasteiger partial charge in [0.1, 0.15) is 34.3 Å². The third kappa shape index (κ3) is 3.74. The zero-order chi connectivity index (χ0) is 25.7. The van der Waals surface area contributed by atoms with Crippen molar-refractivity contribution in [1.29, 1.82) is 0 Å². The van der Waals surface area contributed by atoms with Gasteiger partial charge in [-0.3, -0.25) is 14.5 Å². The van der Waals surface area contributed by atoms with Gasteiger partial charge in [0.2, 0.25) is 0 Å². The molecule has 0 bridgehead atoms. The average molecular weight is 509 g/mol. The van der Waals surface area contributed by atoms with Crippen LogP contribution in [0.3, 0.4) is 0 Å². The van der Waals surface area contributed by atoms with Crippen LogP contribution >= 0.6 is 11.3 Å². The molecule has 3 heterocycles. The van der Waals surface area contributed by atoms with E-state index in [-0.39, 0.29) is 27.2 Å². The second kappa shape index (κ2) is 8.87. The van der Waals surface area contributed by atoms with Gasteiger partial charge in [0.25, 0.3) is 5.78 Å². The SMILES string of the molecule is COC(=O)c1sc(N2C(=O)C(=O)C(=C(O)c3ccc4c(c3)C[C@@H](C)O4)[C@@H]2c2ccccc2F)nc1C. The van der Waals surface area contributed by atoms with Crippen molar-refractivity contribution in [2.24, 2.45) is 0 Å². The Kier molecular flexibility index (Phi) is 5.83. The van der Waals surface area contributed by atoms with E-state index in [0.29, 0.717) is 23.4 Å². The highest BCUT2D eigenvalue weighted by Gasteiger charge is 2.49. The van der Waals surface area contributed by atoms with Crippen LogP contribution in [0.5, 0.6) is 5.75 Å². The fourth-order valence-corrected chi connectivity index (χ4v) is 5.52. The fraction of sp³-hybridized carbons (Fsp3) is 0.231. The van der Waals surface area contributed by atoms with Crippen LogP contribution in [-0.4, -0.2) is 41.0 Å². The highest BCUT2D eigenvalue weighted by Crippen LogP contribution is 2.45. The van der Waals surface area contributed by atoms with Crippen LogP contribution in [-0.2, 0) is 20.7 Å². The minimum absolute atomic E-state index is 0.00355. The zero-order valence-corrected chi connectivity index (χ0v) is 20.4. The maximum absolute atomic E-state index is 15.1. The molecule has 36 heavy (non-hydrogen) atoms. The summed E-state index contributed by atoms with van der Waals surface area (Å²) in [5.41, 5.74) is 1.18. The van der Waals surface area contributed by atoms with Gasteiger partial charge in [-0.2, -0.15) is 0 Å². The third-order valence-electron chi connectivity index (χ3n) is 6.18. The monoisotopic (exact) mass is 508 g/mol. The van der Waals surface area contributed by atoms with Crippen LogP contribution in [0, 0.1) is 12.7 Å². The number of amides is 1. The van der Waals surface area contributed by atoms with Gasteiger partial charge in [0.05, 0.1) is 18.4 Å². The summed E-state index contributed by atoms with van der Waals surface area (Å²) in [5, 5.41) is 11.3. The molecule has 184 valence electrons. The largest absolute Gasteiger partial charge is 0.507 e. The maximum atomic E-state index is 15.1. The van der Waals surface area contributed by atoms with E-state index in [1.54, 1.807) is 31.2 Å². The van der Waals surface area contributed by atoms with Crippen LogP contribution in [0.1, 0.15) is 45.0 Å². The number of methoxy groups -OCH3 is 1. The second-order valence-corrected chi connectivity index (χ2v) is 9.53. The van der Waals surface area contributed by atoms with E-state index < -0.39 is 35.3 Å². The maximum Gasteiger partial charge on any atom is 0.350 e. The number of benzene rings is 2. The van der Waals surface area contributed by atoms with Crippen LogP contribution in [0.15, 0.2) is 48.0 Å². The number of aryl methyl sites for hydroxylation is 1. The first-order chi connectivity index (χ1) is 17.2. The van der Waals surface area contributed by atoms with Crippen molar-refractivity contribution in [2.45, 2.75) is 32.4 Å². The van der Waals surface area contributed by atoms with Crippen LogP contribution < -0.4 is 9.64 Å². The van der Waals surface area contributed by atoms with Crippen molar-refractivity contribution in [1.82, 2.24) is 4.98 Å². The number of ether oxygens (including phenoxy) is 2. The lowest BCUT2D eigenvalue weighted by molar-refractivity contribution is -0.132. The summed E-state index contributed by atoms with van der Waals surface area (Å²) in [6.07, 6.45) is 0.592. The van der Waals surface area contributed by atoms with Crippen molar-refractivity contribution in [3.63, 3.8) is 0 Å². The highest BCUT2D eigenvalue weighted by atomic mass is 32.1. The average Bonchev–Trinajstić information content (AvgIpc) is 3.50. The lowest BCUT2D eigenvalue weighted by Crippen LogP contribution is -2.29. The number of aliphatic hydroxyl groups excluding tert-OH is 1. The Hall–Kier alpha value is -4.05. The number of hydrogen-bond acceptors (Lipinski definition) is 8. The number of esters is 1. The molecule has 10 heteroatoms. The summed E-state index contributed by atoms with van der Waals surface area (Å²) in [4.78, 5) is 44.2. The summed E-state index contributed by atoms with van der Waals surface area (Å²) in [7, 11) is 1.22. The van der Waals surface area contributed by atoms with Gasteiger partial charge in [-0.25, -0.2) is 14.2 Å². The molecular weight excluding hydrogens is 487 g/mol. The first kappa shape index (κ1) is 23.7. The molecule has 1 fully saturated rings. The lowest BCUT2D eigenvalue weighted by atomic mass is 9.94. The minimum Gasteiger partial charge on any atom is -0.507 e. The number of carbonyl (C=O) groups excluding carboxylic acids is 3. The quantitative estimate of drug-likeness (QED) is 0.242. The number of ketones is 1. The molecule has 2 atom stereocenters. The van der Waals surface area contributed by atoms with E-state index in [1.807, 2.05) is 6.92 Å². The van der Waals surface area contributed by atoms with Crippen molar-refractivity contribution in [3.8, 4) is 5.75 Å². The van der Waals surface area contributed by atoms with Crippen LogP contribution in [0.25, 0.3) is 5.76 Å². The van der Waals surface area contributed by atoms with Gasteiger partial charge < -0.3 is 14.6 Å². The number of thiazole rings is 1. The Morgan fingerprint density at radius 3 is 2.72 bits per heavy atom. The molecule has 2 aromatic carbocycles. The number of nitrogens with zero attached hydrogens (tertiary/aromatic N) is 2. The molecular formula is C26H21FN2O6S. The summed E-state index contributed by atoms with van der Waals surface area (Å²) in [6.45, 7) is 3.48. The number of carbonyl (C=O) groups is 3. The number of fused-ring (bicyclic) bond motifs is 1. The van der Waals surface area contributed by atoms with Gasteiger partial charge in [0.15, 0.2) is 5.13 Å². The number of Topliss-reactive ketones (excluding diaryl/α,β-unsaturated/α-hetero) is 1. The molecule has 1 N–H and O–H groups in total. The van der Waals surface area contributed by atoms with Crippen molar-refractivity contribution in [3.05, 3.63) is 81.1 Å². The van der Waals surface area contributed by atoms with E-state index in [2.05, 4.69) is 4.98 Å². The second-order valence-electron chi connectivity index (χ2n) is 8.55. The normalized spacial score (nSPS) is 20.4. The number of aliphatic hydroxyl groups is 1. The summed E-state index contributed by atoms with van der Waals surface area (Å²) in [5.74, 6) is -3.05. The molecule has 0 saturated carbocycles. The standard InChI is InChI=1S/C26H21FN2O6S/c1-12-10-15-11-14(8-9-18(15)35-12)21(30)19-20(16-6-4-5-7-17(16)27)29(24(32)22(19)31)26-28-13(2)23(36-26)25(33)34-3/h4-9,11-12,20,30H,10H2,1-3H3/t12-,20+/m1/s1. The van der Waals surface area contributed by atoms with Gasteiger partial charge in [-0.1, -0.05) is 29.5 Å². The predicted octanol–water partition coefficient (Wildman–Crippen LogP) is 4.33. The highest BCUT2D eigenvalue weighted by molar-refractivity contribution is 7.17. The summed E-state index contributed by atoms with van der Waals surface area (Å²) < 4.78 is 25.5. The Bertz CT molecular complexity index is 1460. The van der Waals surface area contributed by atoms with E-state index in [4.69, 9.17) is 9.47 Å². The third-order valence-corrected chi connectivity index (χ3v) is 7.31. The first-order valence-electron chi connectivity index (χ1n) is 11.1. The van der Waals surface area contributed by atoms with Crippen LogP contribution in [0.2, 0.25) is 0 Å². The minimum atomic E-state index is -1.30. The van der Waals surface area contributed by atoms with Crippen molar-refractivity contribution >= 4 is 39.9 Å². The number of rotatable bonds is 4. The number of anilines is 1. The summed E-state index contributed by atoms with van der Waals surface area (Å²) in [6, 6.07) is 9.36. The lowest BCUT2D eigenvalue weighted by Gasteiger charge is -2.23. The Balaban J connectivity index is 1.70. The van der Waals surface area contributed by atoms with Crippen LogP contribution in [0.4, 0.5) is 9.52 Å². The van der Waals surface area contributed by atoms with E-state index in [1.165, 1.54) is 25.3 Å². The summed E-state index contributed by atoms with van der Waals surface area (Å²) >= 11 is 0.850. The molecule has 1 aromatic heterocycles. The van der Waals surface area contributed by atoms with E-state index >= 15 is 4.39 Å². The topological polar surface area (TPSA) is 106 Å². The molecule has 1 amide bonds. The molecule has 0 unspecified atom stereocenters. The molecule has 0 spiro atoms. The Labute approximate surface area is 209 Å². The van der Waals surface area contributed by atoms with Gasteiger partial charge in [0, 0.05) is 17.5 Å². The van der Waals surface area contributed by atoms with E-state index in [0.717, 1.165) is 21.8 Å². The van der Waals surface area contributed by atoms with Crippen molar-refractivity contribution in [2.75, 3.05) is 12.0 Å². The number of halogens is 1. The fourth-order valence-electron chi connectivity index (χ4n) is 4.51. The number of aromatic nitrogens is 1. The zero-order valence-electron chi connectivity index (χ0n) is 19.6. The van der Waals surface area contributed by atoms with Gasteiger partial charge in [-0.05, 0) is 43.7 Å². The Morgan fingerprint density at radius 1 is 1.25 bits per heavy atom. The first-order valence-corrected chi connectivity index (χ1v) is 11.9. The molecule has 5 rings (SSSR count). The number of hydrogen-bond donors (Lipinski definition) is 1. The smallest absolute Gasteiger partial charge is 0.350 e. The molecule has 8 nitrogen and oxygen atoms in total. The molecule has 3 aromatic rings. The molecule has 2 aliphatic heterocycles. The molecule has 2 aliphatic rings. The predicted molar refractivity (Wildman–Crippen MR) is 130 cm³/mol. The van der Waals surface area contributed by atoms with Gasteiger partial charge in [-0.15, -0.1) is 0 Å². The van der Waals surface area contributed by atoms with E-state index in [9.17, 15) is 19.5 Å².